The van der Waals surface area contributed by atoms with Crippen LogP contribution in [0.2, 0.25) is 0 Å². The third-order valence-corrected chi connectivity index (χ3v) is 2.81. The lowest BCUT2D eigenvalue weighted by Gasteiger charge is -2.13. The van der Waals surface area contributed by atoms with Crippen LogP contribution in [0.4, 0.5) is 0 Å². The Morgan fingerprint density at radius 1 is 1.29 bits per heavy atom. The van der Waals surface area contributed by atoms with Crippen molar-refractivity contribution in [3.8, 4) is 11.5 Å². The number of rotatable bonds is 10. The van der Waals surface area contributed by atoms with Crippen molar-refractivity contribution in [1.82, 2.24) is 10.6 Å². The van der Waals surface area contributed by atoms with Gasteiger partial charge in [-0.05, 0) is 13.0 Å². The molecule has 0 bridgehead atoms. The van der Waals surface area contributed by atoms with Crippen LogP contribution in [-0.2, 0) is 16.1 Å². The molecule has 0 aliphatic carbocycles. The van der Waals surface area contributed by atoms with Crippen LogP contribution in [-0.4, -0.2) is 46.4 Å². The number of ether oxygens (including phenoxy) is 3. The van der Waals surface area contributed by atoms with E-state index in [-0.39, 0.29) is 12.5 Å². The highest BCUT2D eigenvalue weighted by atomic mass is 16.5. The van der Waals surface area contributed by atoms with Crippen LogP contribution in [0.3, 0.4) is 0 Å². The van der Waals surface area contributed by atoms with Gasteiger partial charge in [-0.1, -0.05) is 6.07 Å². The van der Waals surface area contributed by atoms with E-state index in [0.29, 0.717) is 31.2 Å². The molecule has 0 heterocycles. The molecule has 0 saturated heterocycles. The lowest BCUT2D eigenvalue weighted by molar-refractivity contribution is -0.123. The summed E-state index contributed by atoms with van der Waals surface area (Å²) < 4.78 is 15.8. The molecule has 6 heteroatoms. The van der Waals surface area contributed by atoms with E-state index >= 15 is 0 Å². The van der Waals surface area contributed by atoms with Gasteiger partial charge in [0.05, 0.1) is 13.7 Å². The molecule has 6 nitrogen and oxygen atoms in total. The molecule has 0 atom stereocenters. The van der Waals surface area contributed by atoms with Crippen LogP contribution in [0.15, 0.2) is 18.2 Å². The summed E-state index contributed by atoms with van der Waals surface area (Å²) in [5.74, 6) is 1.20. The van der Waals surface area contributed by atoms with Crippen molar-refractivity contribution < 1.29 is 19.0 Å². The van der Waals surface area contributed by atoms with E-state index < -0.39 is 0 Å². The fraction of sp³-hybridized carbons (Fsp3) is 0.533. The van der Waals surface area contributed by atoms with Gasteiger partial charge in [0.2, 0.25) is 0 Å². The van der Waals surface area contributed by atoms with E-state index in [1.54, 1.807) is 20.3 Å². The van der Waals surface area contributed by atoms with Gasteiger partial charge in [-0.15, -0.1) is 0 Å². The Morgan fingerprint density at radius 2 is 2.10 bits per heavy atom. The molecule has 0 aliphatic heterocycles. The summed E-state index contributed by atoms with van der Waals surface area (Å²) in [6, 6.07) is 5.57. The van der Waals surface area contributed by atoms with Gasteiger partial charge >= 0.3 is 0 Å². The second-order valence-electron chi connectivity index (χ2n) is 4.39. The number of hydrogen-bond donors (Lipinski definition) is 2. The minimum atomic E-state index is -0.140. The fourth-order valence-electron chi connectivity index (χ4n) is 1.73. The Bertz CT molecular complexity index is 438. The van der Waals surface area contributed by atoms with Gasteiger partial charge in [-0.25, -0.2) is 0 Å². The number of amides is 1. The molecule has 1 aromatic carbocycles. The Morgan fingerprint density at radius 3 is 2.76 bits per heavy atom. The molecular weight excluding hydrogens is 272 g/mol. The molecule has 0 fully saturated rings. The first-order chi connectivity index (χ1) is 10.2. The van der Waals surface area contributed by atoms with Crippen molar-refractivity contribution in [2.75, 3.05) is 40.5 Å². The normalized spacial score (nSPS) is 10.2. The van der Waals surface area contributed by atoms with Gasteiger partial charge < -0.3 is 24.8 Å². The van der Waals surface area contributed by atoms with Crippen molar-refractivity contribution in [3.63, 3.8) is 0 Å². The van der Waals surface area contributed by atoms with Crippen molar-refractivity contribution in [2.45, 2.75) is 13.5 Å². The molecule has 2 N–H and O–H groups in total. The number of methoxy groups -OCH3 is 2. The average Bonchev–Trinajstić information content (AvgIpc) is 2.50. The largest absolute Gasteiger partial charge is 0.497 e. The standard InChI is InChI=1S/C15H24N2O4/c1-4-17-15(18)11-21-14-9-13(20-3)6-5-12(14)10-16-7-8-19-2/h5-6,9,16H,4,7-8,10-11H2,1-3H3,(H,17,18). The van der Waals surface area contributed by atoms with Crippen molar-refractivity contribution in [1.29, 1.82) is 0 Å². The maximum Gasteiger partial charge on any atom is 0.257 e. The van der Waals surface area contributed by atoms with Crippen molar-refractivity contribution in [2.24, 2.45) is 0 Å². The summed E-state index contributed by atoms with van der Waals surface area (Å²) in [6.45, 7) is 4.48. The molecule has 1 rings (SSSR count). The Kier molecular flexibility index (Phi) is 8.23. The van der Waals surface area contributed by atoms with Crippen LogP contribution >= 0.6 is 0 Å². The molecule has 0 radical (unpaired) electrons. The predicted molar refractivity (Wildman–Crippen MR) is 80.8 cm³/mol. The van der Waals surface area contributed by atoms with E-state index in [0.717, 1.165) is 12.1 Å². The van der Waals surface area contributed by atoms with E-state index in [9.17, 15) is 4.79 Å². The third kappa shape index (κ3) is 6.46. The highest BCUT2D eigenvalue weighted by Crippen LogP contribution is 2.24. The van der Waals surface area contributed by atoms with Crippen LogP contribution in [0, 0.1) is 0 Å². The summed E-state index contributed by atoms with van der Waals surface area (Å²) in [4.78, 5) is 11.5. The molecule has 118 valence electrons. The second kappa shape index (κ2) is 10.0. The highest BCUT2D eigenvalue weighted by Gasteiger charge is 2.08. The first kappa shape index (κ1) is 17.3. The van der Waals surface area contributed by atoms with Crippen LogP contribution < -0.4 is 20.1 Å². The molecule has 1 aromatic rings. The van der Waals surface area contributed by atoms with E-state index in [1.807, 2.05) is 19.1 Å². The summed E-state index contributed by atoms with van der Waals surface area (Å²) in [5, 5.41) is 5.94. The van der Waals surface area contributed by atoms with E-state index in [2.05, 4.69) is 10.6 Å². The van der Waals surface area contributed by atoms with Crippen molar-refractivity contribution >= 4 is 5.91 Å². The lowest BCUT2D eigenvalue weighted by Crippen LogP contribution is -2.28. The van der Waals surface area contributed by atoms with Gasteiger partial charge in [0.25, 0.3) is 5.91 Å². The van der Waals surface area contributed by atoms with Gasteiger partial charge in [-0.2, -0.15) is 0 Å². The van der Waals surface area contributed by atoms with E-state index in [4.69, 9.17) is 14.2 Å². The molecule has 0 saturated carbocycles. The van der Waals surface area contributed by atoms with Crippen LogP contribution in [0.1, 0.15) is 12.5 Å². The minimum absolute atomic E-state index is 0.00786. The second-order valence-corrected chi connectivity index (χ2v) is 4.39. The summed E-state index contributed by atoms with van der Waals surface area (Å²) >= 11 is 0. The molecule has 0 aliphatic rings. The summed E-state index contributed by atoms with van der Waals surface area (Å²) in [7, 11) is 3.26. The van der Waals surface area contributed by atoms with Gasteiger partial charge in [-0.3, -0.25) is 4.79 Å². The summed E-state index contributed by atoms with van der Waals surface area (Å²) in [5.41, 5.74) is 0.969. The molecule has 0 aromatic heterocycles. The average molecular weight is 296 g/mol. The van der Waals surface area contributed by atoms with Gasteiger partial charge in [0, 0.05) is 38.4 Å². The van der Waals surface area contributed by atoms with Crippen LogP contribution in [0.5, 0.6) is 11.5 Å². The number of benzene rings is 1. The number of nitrogens with one attached hydrogen (secondary N) is 2. The minimum Gasteiger partial charge on any atom is -0.497 e. The predicted octanol–water partition coefficient (Wildman–Crippen LogP) is 0.946. The number of hydrogen-bond acceptors (Lipinski definition) is 5. The Labute approximate surface area is 125 Å². The lowest BCUT2D eigenvalue weighted by atomic mass is 10.2. The van der Waals surface area contributed by atoms with Gasteiger partial charge in [0.15, 0.2) is 6.61 Å². The van der Waals surface area contributed by atoms with Crippen LogP contribution in [0.25, 0.3) is 0 Å². The molecular formula is C15H24N2O4. The zero-order valence-corrected chi connectivity index (χ0v) is 12.9. The Hall–Kier alpha value is -1.79. The van der Waals surface area contributed by atoms with Crippen molar-refractivity contribution in [3.05, 3.63) is 23.8 Å². The maximum atomic E-state index is 11.5. The quantitative estimate of drug-likeness (QED) is 0.629. The number of carbonyl (C=O) groups excluding carboxylic acids is 1. The number of likely N-dealkylation sites (N-methyl/N-ethyl adjacent to an activating group) is 1. The zero-order valence-electron chi connectivity index (χ0n) is 12.9. The molecule has 21 heavy (non-hydrogen) atoms. The SMILES string of the molecule is CCNC(=O)COc1cc(OC)ccc1CNCCOC. The molecule has 1 amide bonds. The topological polar surface area (TPSA) is 68.8 Å². The molecule has 0 spiro atoms. The smallest absolute Gasteiger partial charge is 0.257 e. The highest BCUT2D eigenvalue weighted by molar-refractivity contribution is 5.77. The number of carbonyl (C=O) groups is 1. The third-order valence-electron chi connectivity index (χ3n) is 2.81. The Balaban J connectivity index is 2.65. The fourth-order valence-corrected chi connectivity index (χ4v) is 1.73. The first-order valence-electron chi connectivity index (χ1n) is 6.97. The maximum absolute atomic E-state index is 11.5. The molecule has 0 unspecified atom stereocenters. The summed E-state index contributed by atoms with van der Waals surface area (Å²) in [6.07, 6.45) is 0. The van der Waals surface area contributed by atoms with Gasteiger partial charge in [0.1, 0.15) is 11.5 Å². The van der Waals surface area contributed by atoms with E-state index in [1.165, 1.54) is 0 Å². The zero-order chi connectivity index (χ0) is 15.5. The monoisotopic (exact) mass is 296 g/mol. The first-order valence-corrected chi connectivity index (χ1v) is 6.97.